The van der Waals surface area contributed by atoms with E-state index in [1.807, 2.05) is 22.7 Å². The number of hydrogen-bond acceptors (Lipinski definition) is 3. The molecule has 0 bridgehead atoms. The van der Waals surface area contributed by atoms with Gasteiger partial charge >= 0.3 is 0 Å². The van der Waals surface area contributed by atoms with Crippen LogP contribution in [-0.2, 0) is 6.42 Å². The molecule has 0 aliphatic rings. The lowest BCUT2D eigenvalue weighted by atomic mass is 10.2. The summed E-state index contributed by atoms with van der Waals surface area (Å²) in [4.78, 5) is 5.35. The van der Waals surface area contributed by atoms with Gasteiger partial charge in [0.2, 0.25) is 0 Å². The monoisotopic (exact) mass is 293 g/mol. The third-order valence-corrected chi connectivity index (χ3v) is 5.55. The fraction of sp³-hybridized carbons (Fsp3) is 0.500. The van der Waals surface area contributed by atoms with Crippen LogP contribution in [-0.4, -0.2) is 12.1 Å². The molecule has 0 N–H and O–H groups in total. The Labute approximate surface area is 124 Å². The van der Waals surface area contributed by atoms with Crippen LogP contribution < -0.4 is 4.90 Å². The zero-order chi connectivity index (χ0) is 14.0. The van der Waals surface area contributed by atoms with Crippen LogP contribution in [0.5, 0.6) is 0 Å². The molecule has 104 valence electrons. The minimum atomic E-state index is 0.542. The number of aryl methyl sites for hydroxylation is 1. The molecular weight excluding hydrogens is 270 g/mol. The molecule has 0 aliphatic heterocycles. The van der Waals surface area contributed by atoms with Gasteiger partial charge in [-0.25, -0.2) is 0 Å². The number of hydrogen-bond donors (Lipinski definition) is 0. The molecule has 3 heteroatoms. The van der Waals surface area contributed by atoms with E-state index in [0.717, 1.165) is 6.42 Å². The predicted octanol–water partition coefficient (Wildman–Crippen LogP) is 5.66. The Morgan fingerprint density at radius 3 is 2.32 bits per heavy atom. The summed E-state index contributed by atoms with van der Waals surface area (Å²) in [5.41, 5.74) is 1.47. The van der Waals surface area contributed by atoms with Crippen LogP contribution in [0.4, 0.5) is 5.00 Å². The largest absolute Gasteiger partial charge is 0.359 e. The zero-order valence-electron chi connectivity index (χ0n) is 12.4. The minimum Gasteiger partial charge on any atom is -0.359 e. The van der Waals surface area contributed by atoms with Gasteiger partial charge in [-0.15, -0.1) is 22.7 Å². The highest BCUT2D eigenvalue weighted by atomic mass is 32.1. The maximum Gasteiger partial charge on any atom is 0.0919 e. The molecule has 0 saturated heterocycles. The molecule has 2 heterocycles. The van der Waals surface area contributed by atoms with Gasteiger partial charge < -0.3 is 4.90 Å². The Balaban J connectivity index is 2.33. The van der Waals surface area contributed by atoms with Crippen molar-refractivity contribution in [2.75, 3.05) is 4.90 Å². The number of thiophene rings is 2. The second-order valence-corrected chi connectivity index (χ2v) is 7.34. The van der Waals surface area contributed by atoms with Gasteiger partial charge in [-0.3, -0.25) is 0 Å². The summed E-state index contributed by atoms with van der Waals surface area (Å²) >= 11 is 3.78. The minimum absolute atomic E-state index is 0.542. The molecule has 2 aromatic heterocycles. The van der Waals surface area contributed by atoms with Gasteiger partial charge in [-0.1, -0.05) is 6.92 Å². The lowest BCUT2D eigenvalue weighted by molar-refractivity contribution is 0.613. The van der Waals surface area contributed by atoms with E-state index in [1.54, 1.807) is 0 Å². The second-order valence-electron chi connectivity index (χ2n) is 5.36. The van der Waals surface area contributed by atoms with Crippen LogP contribution in [0.15, 0.2) is 23.6 Å². The van der Waals surface area contributed by atoms with Gasteiger partial charge in [0.25, 0.3) is 0 Å². The van der Waals surface area contributed by atoms with E-state index in [2.05, 4.69) is 63.1 Å². The van der Waals surface area contributed by atoms with Crippen molar-refractivity contribution >= 4 is 27.7 Å². The highest BCUT2D eigenvalue weighted by Crippen LogP contribution is 2.39. The summed E-state index contributed by atoms with van der Waals surface area (Å²) in [6.07, 6.45) is 1.12. The lowest BCUT2D eigenvalue weighted by Gasteiger charge is -2.31. The van der Waals surface area contributed by atoms with Gasteiger partial charge in [0.05, 0.1) is 5.00 Å². The Kier molecular flexibility index (Phi) is 4.69. The van der Waals surface area contributed by atoms with E-state index >= 15 is 0 Å². The fourth-order valence-corrected chi connectivity index (χ4v) is 4.96. The summed E-state index contributed by atoms with van der Waals surface area (Å²) in [7, 11) is 0. The SMILES string of the molecule is CCc1ccsc1-c1ccc(N(C(C)C)C(C)C)s1. The van der Waals surface area contributed by atoms with Crippen molar-refractivity contribution in [1.29, 1.82) is 0 Å². The smallest absolute Gasteiger partial charge is 0.0919 e. The molecule has 0 aliphatic carbocycles. The topological polar surface area (TPSA) is 3.24 Å². The molecule has 0 unspecified atom stereocenters. The molecule has 2 rings (SSSR count). The molecule has 19 heavy (non-hydrogen) atoms. The summed E-state index contributed by atoms with van der Waals surface area (Å²) < 4.78 is 0. The van der Waals surface area contributed by atoms with Crippen molar-refractivity contribution in [3.8, 4) is 9.75 Å². The van der Waals surface area contributed by atoms with Crippen LogP contribution in [0.2, 0.25) is 0 Å². The van der Waals surface area contributed by atoms with Crippen molar-refractivity contribution in [2.45, 2.75) is 53.1 Å². The maximum absolute atomic E-state index is 2.49. The first-order chi connectivity index (χ1) is 9.04. The molecule has 0 amide bonds. The molecular formula is C16H23NS2. The third-order valence-electron chi connectivity index (χ3n) is 3.31. The summed E-state index contributed by atoms with van der Waals surface area (Å²) in [5, 5.41) is 3.59. The molecule has 0 spiro atoms. The average Bonchev–Trinajstić information content (AvgIpc) is 2.94. The van der Waals surface area contributed by atoms with Gasteiger partial charge in [0.15, 0.2) is 0 Å². The van der Waals surface area contributed by atoms with Crippen LogP contribution >= 0.6 is 22.7 Å². The molecule has 0 radical (unpaired) electrons. The van der Waals surface area contributed by atoms with Crippen molar-refractivity contribution < 1.29 is 0 Å². The lowest BCUT2D eigenvalue weighted by Crippen LogP contribution is -2.36. The van der Waals surface area contributed by atoms with E-state index in [0.29, 0.717) is 12.1 Å². The number of anilines is 1. The fourth-order valence-electron chi connectivity index (χ4n) is 2.52. The Morgan fingerprint density at radius 1 is 1.05 bits per heavy atom. The molecule has 2 aromatic rings. The number of nitrogens with zero attached hydrogens (tertiary/aromatic N) is 1. The van der Waals surface area contributed by atoms with Gasteiger partial charge in [-0.2, -0.15) is 0 Å². The molecule has 0 atom stereocenters. The summed E-state index contributed by atoms with van der Waals surface area (Å²) in [6, 6.07) is 7.89. The Morgan fingerprint density at radius 2 is 1.74 bits per heavy atom. The van der Waals surface area contributed by atoms with Crippen molar-refractivity contribution in [2.24, 2.45) is 0 Å². The first kappa shape index (κ1) is 14.6. The highest BCUT2D eigenvalue weighted by molar-refractivity contribution is 7.23. The van der Waals surface area contributed by atoms with Crippen molar-refractivity contribution in [1.82, 2.24) is 0 Å². The van der Waals surface area contributed by atoms with Crippen LogP contribution in [0, 0.1) is 0 Å². The highest BCUT2D eigenvalue weighted by Gasteiger charge is 2.17. The molecule has 0 saturated carbocycles. The van der Waals surface area contributed by atoms with E-state index in [9.17, 15) is 0 Å². The van der Waals surface area contributed by atoms with E-state index < -0.39 is 0 Å². The molecule has 1 nitrogen and oxygen atoms in total. The molecule has 0 aromatic carbocycles. The second kappa shape index (κ2) is 6.10. The third kappa shape index (κ3) is 3.03. The quantitative estimate of drug-likeness (QED) is 0.687. The zero-order valence-corrected chi connectivity index (χ0v) is 14.1. The van der Waals surface area contributed by atoms with Gasteiger partial charge in [-0.05, 0) is 63.3 Å². The van der Waals surface area contributed by atoms with Gasteiger partial charge in [0, 0.05) is 21.8 Å². The Bertz CT molecular complexity index is 514. The summed E-state index contributed by atoms with van der Waals surface area (Å²) in [5.74, 6) is 0. The van der Waals surface area contributed by atoms with E-state index in [-0.39, 0.29) is 0 Å². The first-order valence-corrected chi connectivity index (χ1v) is 8.69. The average molecular weight is 294 g/mol. The van der Waals surface area contributed by atoms with Crippen LogP contribution in [0.25, 0.3) is 9.75 Å². The van der Waals surface area contributed by atoms with E-state index in [1.165, 1.54) is 20.3 Å². The van der Waals surface area contributed by atoms with E-state index in [4.69, 9.17) is 0 Å². The molecule has 0 fully saturated rings. The van der Waals surface area contributed by atoms with Gasteiger partial charge in [0.1, 0.15) is 0 Å². The van der Waals surface area contributed by atoms with Crippen LogP contribution in [0.1, 0.15) is 40.2 Å². The standard InChI is InChI=1S/C16H23NS2/c1-6-13-9-10-18-16(13)14-7-8-15(19-14)17(11(2)3)12(4)5/h7-12H,6H2,1-5H3. The normalized spacial score (nSPS) is 11.5. The first-order valence-electron chi connectivity index (χ1n) is 6.99. The van der Waals surface area contributed by atoms with Crippen LogP contribution in [0.3, 0.4) is 0 Å². The number of rotatable bonds is 5. The Hall–Kier alpha value is -0.800. The predicted molar refractivity (Wildman–Crippen MR) is 89.8 cm³/mol. The maximum atomic E-state index is 2.49. The van der Waals surface area contributed by atoms with Crippen molar-refractivity contribution in [3.63, 3.8) is 0 Å². The summed E-state index contributed by atoms with van der Waals surface area (Å²) in [6.45, 7) is 11.3. The van der Waals surface area contributed by atoms with Crippen molar-refractivity contribution in [3.05, 3.63) is 29.1 Å².